The number of methoxy groups -OCH3 is 1. The topological polar surface area (TPSA) is 41.6 Å². The van der Waals surface area contributed by atoms with Gasteiger partial charge < -0.3 is 15.0 Å². The highest BCUT2D eigenvalue weighted by Crippen LogP contribution is 2.03. The van der Waals surface area contributed by atoms with E-state index in [9.17, 15) is 4.79 Å². The summed E-state index contributed by atoms with van der Waals surface area (Å²) >= 11 is 0. The molecule has 0 aromatic rings. The molecule has 0 radical (unpaired) electrons. The van der Waals surface area contributed by atoms with Crippen LogP contribution in [0.4, 0.5) is 0 Å². The maximum Gasteiger partial charge on any atom is 0.236 e. The van der Waals surface area contributed by atoms with Crippen molar-refractivity contribution in [2.45, 2.75) is 52.6 Å². The third-order valence-electron chi connectivity index (χ3n) is 3.19. The highest BCUT2D eigenvalue weighted by atomic mass is 16.5. The molecule has 0 bridgehead atoms. The van der Waals surface area contributed by atoms with Crippen LogP contribution in [0.15, 0.2) is 0 Å². The summed E-state index contributed by atoms with van der Waals surface area (Å²) in [6.07, 6.45) is 2.01. The smallest absolute Gasteiger partial charge is 0.236 e. The van der Waals surface area contributed by atoms with E-state index >= 15 is 0 Å². The summed E-state index contributed by atoms with van der Waals surface area (Å²) in [6, 6.07) is 0.663. The molecule has 0 aliphatic rings. The number of carbonyl (C=O) groups excluding carboxylic acids is 1. The molecular weight excluding hydrogens is 216 g/mol. The maximum atomic E-state index is 12.1. The minimum absolute atomic E-state index is 0.164. The lowest BCUT2D eigenvalue weighted by molar-refractivity contribution is -0.133. The lowest BCUT2D eigenvalue weighted by Crippen LogP contribution is -2.46. The predicted molar refractivity (Wildman–Crippen MR) is 71.1 cm³/mol. The molecule has 102 valence electrons. The molecule has 1 amide bonds. The fourth-order valence-corrected chi connectivity index (χ4v) is 1.51. The average molecular weight is 244 g/mol. The fraction of sp³-hybridized carbons (Fsp3) is 0.923. The summed E-state index contributed by atoms with van der Waals surface area (Å²) in [5.41, 5.74) is 0. The van der Waals surface area contributed by atoms with Crippen LogP contribution in [0.3, 0.4) is 0 Å². The van der Waals surface area contributed by atoms with Crippen LogP contribution in [-0.2, 0) is 9.53 Å². The van der Waals surface area contributed by atoms with Crippen molar-refractivity contribution in [1.29, 1.82) is 0 Å². The van der Waals surface area contributed by atoms with E-state index in [0.29, 0.717) is 25.7 Å². The molecule has 0 aliphatic heterocycles. The van der Waals surface area contributed by atoms with E-state index in [1.165, 1.54) is 0 Å². The second-order valence-electron chi connectivity index (χ2n) is 4.53. The normalized spacial score (nSPS) is 14.4. The first-order valence-corrected chi connectivity index (χ1v) is 6.58. The largest absolute Gasteiger partial charge is 0.383 e. The van der Waals surface area contributed by atoms with Crippen LogP contribution in [0.2, 0.25) is 0 Å². The van der Waals surface area contributed by atoms with Gasteiger partial charge in [0.05, 0.1) is 13.2 Å². The van der Waals surface area contributed by atoms with E-state index in [1.54, 1.807) is 7.11 Å². The number of hydrogen-bond acceptors (Lipinski definition) is 3. The molecule has 2 unspecified atom stereocenters. The van der Waals surface area contributed by atoms with E-state index in [4.69, 9.17) is 4.74 Å². The van der Waals surface area contributed by atoms with Gasteiger partial charge in [-0.2, -0.15) is 0 Å². The summed E-state index contributed by atoms with van der Waals surface area (Å²) < 4.78 is 5.05. The van der Waals surface area contributed by atoms with Gasteiger partial charge in [-0.15, -0.1) is 0 Å². The lowest BCUT2D eigenvalue weighted by atomic mass is 10.2. The number of hydrogen-bond donors (Lipinski definition) is 1. The Bertz CT molecular complexity index is 210. The number of ether oxygens (including phenoxy) is 1. The minimum Gasteiger partial charge on any atom is -0.383 e. The van der Waals surface area contributed by atoms with Crippen molar-refractivity contribution in [3.8, 4) is 0 Å². The van der Waals surface area contributed by atoms with Crippen molar-refractivity contribution >= 4 is 5.91 Å². The Labute approximate surface area is 106 Å². The molecule has 0 fully saturated rings. The van der Waals surface area contributed by atoms with E-state index in [1.807, 2.05) is 4.90 Å². The molecule has 17 heavy (non-hydrogen) atoms. The van der Waals surface area contributed by atoms with Crippen LogP contribution < -0.4 is 5.32 Å². The number of rotatable bonds is 9. The Morgan fingerprint density at radius 1 is 1.29 bits per heavy atom. The van der Waals surface area contributed by atoms with Gasteiger partial charge in [0, 0.05) is 25.7 Å². The predicted octanol–water partition coefficient (Wildman–Crippen LogP) is 1.65. The molecule has 0 heterocycles. The van der Waals surface area contributed by atoms with Crippen molar-refractivity contribution in [3.63, 3.8) is 0 Å². The van der Waals surface area contributed by atoms with Gasteiger partial charge in [-0.3, -0.25) is 4.79 Å². The van der Waals surface area contributed by atoms with Gasteiger partial charge in [0.15, 0.2) is 0 Å². The van der Waals surface area contributed by atoms with E-state index in [2.05, 4.69) is 33.0 Å². The summed E-state index contributed by atoms with van der Waals surface area (Å²) in [4.78, 5) is 14.0. The molecule has 0 saturated heterocycles. The Morgan fingerprint density at radius 2 is 1.94 bits per heavy atom. The maximum absolute atomic E-state index is 12.1. The molecule has 0 spiro atoms. The van der Waals surface area contributed by atoms with Crippen LogP contribution in [0.5, 0.6) is 0 Å². The van der Waals surface area contributed by atoms with Gasteiger partial charge in [0.1, 0.15) is 0 Å². The number of amides is 1. The first-order chi connectivity index (χ1) is 8.06. The van der Waals surface area contributed by atoms with Crippen molar-refractivity contribution in [2.75, 3.05) is 26.8 Å². The molecule has 0 rings (SSSR count). The summed E-state index contributed by atoms with van der Waals surface area (Å²) in [7, 11) is 1.66. The molecule has 2 atom stereocenters. The summed E-state index contributed by atoms with van der Waals surface area (Å²) in [6.45, 7) is 10.1. The first-order valence-electron chi connectivity index (χ1n) is 6.58. The van der Waals surface area contributed by atoms with Crippen LogP contribution in [-0.4, -0.2) is 49.7 Å². The molecule has 0 aromatic carbocycles. The number of nitrogens with zero attached hydrogens (tertiary/aromatic N) is 1. The average Bonchev–Trinajstić information content (AvgIpc) is 2.35. The lowest BCUT2D eigenvalue weighted by Gasteiger charge is -2.29. The van der Waals surface area contributed by atoms with Gasteiger partial charge in [-0.1, -0.05) is 13.8 Å². The van der Waals surface area contributed by atoms with E-state index in [-0.39, 0.29) is 11.9 Å². The Kier molecular flexibility index (Phi) is 9.09. The van der Waals surface area contributed by atoms with Crippen molar-refractivity contribution in [2.24, 2.45) is 0 Å². The highest BCUT2D eigenvalue weighted by molar-refractivity contribution is 5.78. The molecule has 4 nitrogen and oxygen atoms in total. The second kappa shape index (κ2) is 9.42. The van der Waals surface area contributed by atoms with Gasteiger partial charge in [-0.25, -0.2) is 0 Å². The van der Waals surface area contributed by atoms with Crippen molar-refractivity contribution in [3.05, 3.63) is 0 Å². The number of carbonyl (C=O) groups is 1. The van der Waals surface area contributed by atoms with E-state index in [0.717, 1.165) is 12.8 Å². The molecule has 4 heteroatoms. The van der Waals surface area contributed by atoms with Crippen LogP contribution in [0.25, 0.3) is 0 Å². The SMILES string of the molecule is CCC(C)NCC(=O)N(CCOC)C(C)CC. The first kappa shape index (κ1) is 16.4. The van der Waals surface area contributed by atoms with Crippen LogP contribution in [0.1, 0.15) is 40.5 Å². The molecule has 0 aromatic heterocycles. The van der Waals surface area contributed by atoms with Crippen LogP contribution in [0, 0.1) is 0 Å². The van der Waals surface area contributed by atoms with Gasteiger partial charge in [0.25, 0.3) is 0 Å². The Morgan fingerprint density at radius 3 is 2.41 bits per heavy atom. The fourth-order valence-electron chi connectivity index (χ4n) is 1.51. The van der Waals surface area contributed by atoms with Gasteiger partial charge >= 0.3 is 0 Å². The van der Waals surface area contributed by atoms with Crippen LogP contribution >= 0.6 is 0 Å². The molecular formula is C13H28N2O2. The van der Waals surface area contributed by atoms with Gasteiger partial charge in [-0.05, 0) is 26.7 Å². The van der Waals surface area contributed by atoms with Crippen molar-refractivity contribution in [1.82, 2.24) is 10.2 Å². The molecule has 0 saturated carbocycles. The summed E-state index contributed by atoms with van der Waals surface area (Å²) in [5.74, 6) is 0.164. The standard InChI is InChI=1S/C13H28N2O2/c1-6-11(3)14-10-13(16)15(8-9-17-5)12(4)7-2/h11-12,14H,6-10H2,1-5H3. The molecule has 0 aliphatic carbocycles. The zero-order chi connectivity index (χ0) is 13.3. The highest BCUT2D eigenvalue weighted by Gasteiger charge is 2.18. The monoisotopic (exact) mass is 244 g/mol. The third kappa shape index (κ3) is 6.64. The zero-order valence-electron chi connectivity index (χ0n) is 12.0. The number of nitrogens with one attached hydrogen (secondary N) is 1. The minimum atomic E-state index is 0.164. The van der Waals surface area contributed by atoms with Crippen molar-refractivity contribution < 1.29 is 9.53 Å². The summed E-state index contributed by atoms with van der Waals surface area (Å²) in [5, 5.41) is 3.24. The third-order valence-corrected chi connectivity index (χ3v) is 3.19. The van der Waals surface area contributed by atoms with Gasteiger partial charge in [0.2, 0.25) is 5.91 Å². The molecule has 1 N–H and O–H groups in total. The van der Waals surface area contributed by atoms with E-state index < -0.39 is 0 Å². The Hall–Kier alpha value is -0.610. The Balaban J connectivity index is 4.21. The second-order valence-corrected chi connectivity index (χ2v) is 4.53. The quantitative estimate of drug-likeness (QED) is 0.670. The zero-order valence-corrected chi connectivity index (χ0v) is 12.0.